The molecule has 2 rings (SSSR count). The number of benzene rings is 1. The minimum absolute atomic E-state index is 0.141. The van der Waals surface area contributed by atoms with E-state index in [2.05, 4.69) is 27.8 Å². The van der Waals surface area contributed by atoms with Crippen molar-refractivity contribution < 1.29 is 9.53 Å². The molecule has 1 aliphatic rings. The highest BCUT2D eigenvalue weighted by Gasteiger charge is 2.25. The minimum Gasteiger partial charge on any atom is -0.496 e. The first-order chi connectivity index (χ1) is 9.67. The van der Waals surface area contributed by atoms with E-state index in [0.717, 1.165) is 41.6 Å². The van der Waals surface area contributed by atoms with Crippen molar-refractivity contribution in [2.75, 3.05) is 13.7 Å². The maximum atomic E-state index is 12.7. The number of halogens is 1. The van der Waals surface area contributed by atoms with E-state index in [1.165, 1.54) is 12.8 Å². The molecule has 1 aromatic rings. The van der Waals surface area contributed by atoms with Gasteiger partial charge in [-0.15, -0.1) is 0 Å². The summed E-state index contributed by atoms with van der Waals surface area (Å²) in [5.41, 5.74) is 0.734. The molecule has 1 aliphatic heterocycles. The van der Waals surface area contributed by atoms with Gasteiger partial charge in [0, 0.05) is 18.2 Å². The molecule has 0 saturated carbocycles. The average molecular weight is 340 g/mol. The third kappa shape index (κ3) is 3.35. The van der Waals surface area contributed by atoms with E-state index in [-0.39, 0.29) is 5.91 Å². The molecule has 0 spiro atoms. The van der Waals surface area contributed by atoms with Crippen LogP contribution in [0.1, 0.15) is 49.4 Å². The summed E-state index contributed by atoms with van der Waals surface area (Å²) < 4.78 is 6.04. The van der Waals surface area contributed by atoms with Gasteiger partial charge in [0.25, 0.3) is 5.91 Å². The number of likely N-dealkylation sites (tertiary alicyclic amines) is 1. The van der Waals surface area contributed by atoms with Crippen LogP contribution < -0.4 is 4.74 Å². The fourth-order valence-corrected chi connectivity index (χ4v) is 3.38. The van der Waals surface area contributed by atoms with Gasteiger partial charge in [-0.25, -0.2) is 0 Å². The second-order valence-corrected chi connectivity index (χ2v) is 6.11. The van der Waals surface area contributed by atoms with Crippen molar-refractivity contribution in [1.29, 1.82) is 0 Å². The lowest BCUT2D eigenvalue weighted by Crippen LogP contribution is -2.39. The van der Waals surface area contributed by atoms with E-state index in [4.69, 9.17) is 4.74 Å². The van der Waals surface area contributed by atoms with Crippen LogP contribution in [0.2, 0.25) is 0 Å². The zero-order valence-corrected chi connectivity index (χ0v) is 13.8. The summed E-state index contributed by atoms with van der Waals surface area (Å²) in [5, 5.41) is 0. The van der Waals surface area contributed by atoms with Gasteiger partial charge < -0.3 is 9.64 Å². The summed E-state index contributed by atoms with van der Waals surface area (Å²) >= 11 is 3.45. The molecule has 1 aromatic carbocycles. The summed E-state index contributed by atoms with van der Waals surface area (Å²) in [7, 11) is 1.63. The number of carbonyl (C=O) groups excluding carboxylic acids is 1. The van der Waals surface area contributed by atoms with Gasteiger partial charge in [-0.3, -0.25) is 4.79 Å². The Hall–Kier alpha value is -1.03. The van der Waals surface area contributed by atoms with E-state index in [1.54, 1.807) is 7.11 Å². The van der Waals surface area contributed by atoms with Gasteiger partial charge in [-0.05, 0) is 53.4 Å². The lowest BCUT2D eigenvalue weighted by molar-refractivity contribution is 0.0678. The molecular weight excluding hydrogens is 318 g/mol. The third-order valence-electron chi connectivity index (χ3n) is 4.01. The monoisotopic (exact) mass is 339 g/mol. The second-order valence-electron chi connectivity index (χ2n) is 5.26. The van der Waals surface area contributed by atoms with Crippen molar-refractivity contribution in [3.8, 4) is 5.75 Å². The molecule has 1 fully saturated rings. The molecule has 0 aromatic heterocycles. The topological polar surface area (TPSA) is 29.5 Å². The second kappa shape index (κ2) is 7.11. The Balaban J connectivity index is 2.22. The van der Waals surface area contributed by atoms with Crippen molar-refractivity contribution in [3.63, 3.8) is 0 Å². The van der Waals surface area contributed by atoms with E-state index >= 15 is 0 Å². The lowest BCUT2D eigenvalue weighted by Gasteiger charge is -2.29. The Kier molecular flexibility index (Phi) is 5.46. The van der Waals surface area contributed by atoms with Crippen molar-refractivity contribution in [2.24, 2.45) is 0 Å². The molecule has 1 amide bonds. The zero-order chi connectivity index (χ0) is 14.5. The minimum atomic E-state index is 0.141. The lowest BCUT2D eigenvalue weighted by atomic mass is 10.1. The summed E-state index contributed by atoms with van der Waals surface area (Å²) in [6.45, 7) is 3.04. The molecule has 4 heteroatoms. The highest BCUT2D eigenvalue weighted by Crippen LogP contribution is 2.27. The predicted octanol–water partition coefficient (Wildman–Crippen LogP) is 4.25. The van der Waals surface area contributed by atoms with Crippen LogP contribution in [0.4, 0.5) is 0 Å². The van der Waals surface area contributed by atoms with Crippen LogP contribution in [0.15, 0.2) is 22.7 Å². The van der Waals surface area contributed by atoms with E-state index < -0.39 is 0 Å². The van der Waals surface area contributed by atoms with Crippen LogP contribution in [0.25, 0.3) is 0 Å². The van der Waals surface area contributed by atoms with Crippen molar-refractivity contribution in [1.82, 2.24) is 4.90 Å². The van der Waals surface area contributed by atoms with Crippen LogP contribution in [0, 0.1) is 0 Å². The van der Waals surface area contributed by atoms with Crippen LogP contribution in [-0.2, 0) is 0 Å². The molecule has 110 valence electrons. The number of carbonyl (C=O) groups is 1. The Morgan fingerprint density at radius 3 is 2.85 bits per heavy atom. The number of ether oxygens (including phenoxy) is 1. The smallest absolute Gasteiger partial charge is 0.254 e. The molecule has 1 heterocycles. The van der Waals surface area contributed by atoms with Gasteiger partial charge in [0.05, 0.1) is 11.6 Å². The van der Waals surface area contributed by atoms with E-state index in [0.29, 0.717) is 6.04 Å². The summed E-state index contributed by atoms with van der Waals surface area (Å²) in [6, 6.07) is 5.93. The van der Waals surface area contributed by atoms with E-state index in [1.807, 2.05) is 18.2 Å². The van der Waals surface area contributed by atoms with Crippen LogP contribution in [-0.4, -0.2) is 30.5 Å². The van der Waals surface area contributed by atoms with Crippen molar-refractivity contribution >= 4 is 21.8 Å². The fourth-order valence-electron chi connectivity index (χ4n) is 2.83. The number of rotatable bonds is 3. The Labute approximate surface area is 129 Å². The first-order valence-corrected chi connectivity index (χ1v) is 8.11. The summed E-state index contributed by atoms with van der Waals surface area (Å²) in [6.07, 6.45) is 5.73. The van der Waals surface area contributed by atoms with Gasteiger partial charge in [0.1, 0.15) is 5.75 Å². The first-order valence-electron chi connectivity index (χ1n) is 7.32. The summed E-state index contributed by atoms with van der Waals surface area (Å²) in [5.74, 6) is 0.895. The quantitative estimate of drug-likeness (QED) is 0.823. The average Bonchev–Trinajstić information content (AvgIpc) is 2.71. The molecule has 0 aliphatic carbocycles. The largest absolute Gasteiger partial charge is 0.496 e. The highest BCUT2D eigenvalue weighted by atomic mass is 79.9. The molecule has 20 heavy (non-hydrogen) atoms. The van der Waals surface area contributed by atoms with Crippen molar-refractivity contribution in [2.45, 2.75) is 45.1 Å². The van der Waals surface area contributed by atoms with Crippen LogP contribution >= 0.6 is 15.9 Å². The number of nitrogens with zero attached hydrogens (tertiary/aromatic N) is 1. The molecule has 3 nitrogen and oxygen atoms in total. The standard InChI is InChI=1S/C16H22BrNO2/c1-3-13-7-5-4-6-10-18(13)16(19)12-8-9-15(20-2)14(17)11-12/h8-9,11,13H,3-7,10H2,1-2H3. The zero-order valence-electron chi connectivity index (χ0n) is 12.2. The van der Waals surface area contributed by atoms with Gasteiger partial charge in [-0.1, -0.05) is 19.8 Å². The molecular formula is C16H22BrNO2. The number of hydrogen-bond acceptors (Lipinski definition) is 2. The van der Waals surface area contributed by atoms with Gasteiger partial charge in [0.15, 0.2) is 0 Å². The Morgan fingerprint density at radius 1 is 1.40 bits per heavy atom. The third-order valence-corrected chi connectivity index (χ3v) is 4.63. The molecule has 1 unspecified atom stereocenters. The molecule has 1 saturated heterocycles. The van der Waals surface area contributed by atoms with Crippen molar-refractivity contribution in [3.05, 3.63) is 28.2 Å². The maximum Gasteiger partial charge on any atom is 0.254 e. The SMILES string of the molecule is CCC1CCCCCN1C(=O)c1ccc(OC)c(Br)c1. The van der Waals surface area contributed by atoms with Crippen LogP contribution in [0.5, 0.6) is 5.75 Å². The molecule has 0 bridgehead atoms. The van der Waals surface area contributed by atoms with Gasteiger partial charge in [-0.2, -0.15) is 0 Å². The maximum absolute atomic E-state index is 12.7. The highest BCUT2D eigenvalue weighted by molar-refractivity contribution is 9.10. The Bertz CT molecular complexity index is 476. The first kappa shape index (κ1) is 15.4. The molecule has 0 N–H and O–H groups in total. The normalized spacial score (nSPS) is 19.6. The van der Waals surface area contributed by atoms with Gasteiger partial charge >= 0.3 is 0 Å². The van der Waals surface area contributed by atoms with Crippen LogP contribution in [0.3, 0.4) is 0 Å². The summed E-state index contributed by atoms with van der Waals surface area (Å²) in [4.78, 5) is 14.8. The molecule has 0 radical (unpaired) electrons. The predicted molar refractivity (Wildman–Crippen MR) is 84.3 cm³/mol. The number of methoxy groups -OCH3 is 1. The number of hydrogen-bond donors (Lipinski definition) is 0. The number of amides is 1. The fraction of sp³-hybridized carbons (Fsp3) is 0.562. The molecule has 1 atom stereocenters. The van der Waals surface area contributed by atoms with Gasteiger partial charge in [0.2, 0.25) is 0 Å². The Morgan fingerprint density at radius 2 is 2.20 bits per heavy atom. The van der Waals surface area contributed by atoms with E-state index in [9.17, 15) is 4.79 Å².